The Hall–Kier alpha value is -1.38. The van der Waals surface area contributed by atoms with E-state index in [9.17, 15) is 4.79 Å². The van der Waals surface area contributed by atoms with Crippen molar-refractivity contribution in [1.82, 2.24) is 9.78 Å². The summed E-state index contributed by atoms with van der Waals surface area (Å²) in [6.07, 6.45) is 18.4. The molecule has 4 saturated carbocycles. The van der Waals surface area contributed by atoms with Crippen molar-refractivity contribution in [2.75, 3.05) is 0 Å². The lowest BCUT2D eigenvalue weighted by Gasteiger charge is -2.60. The molecule has 4 aliphatic carbocycles. The number of carbonyl (C=O) groups is 1. The topological polar surface area (TPSA) is 34.9 Å². The number of Topliss-reactive ketones (excluding diaryl/α,β-unsaturated/α-hetero) is 1. The van der Waals surface area contributed by atoms with Crippen LogP contribution in [-0.2, 0) is 11.3 Å². The Labute approximate surface area is 196 Å². The van der Waals surface area contributed by atoms with Gasteiger partial charge in [-0.1, -0.05) is 40.2 Å². The van der Waals surface area contributed by atoms with Crippen molar-refractivity contribution in [3.8, 4) is 0 Å². The zero-order valence-corrected chi connectivity index (χ0v) is 20.7. The molecule has 0 amide bonds. The zero-order chi connectivity index (χ0) is 22.5. The van der Waals surface area contributed by atoms with E-state index in [1.54, 1.807) is 0 Å². The maximum Gasteiger partial charge on any atom is 0.157 e. The van der Waals surface area contributed by atoms with Crippen molar-refractivity contribution >= 4 is 11.4 Å². The van der Waals surface area contributed by atoms with Gasteiger partial charge >= 0.3 is 0 Å². The number of hydrogen-bond donors (Lipinski definition) is 0. The smallest absolute Gasteiger partial charge is 0.157 e. The van der Waals surface area contributed by atoms with E-state index < -0.39 is 0 Å². The van der Waals surface area contributed by atoms with Gasteiger partial charge in [0.25, 0.3) is 0 Å². The van der Waals surface area contributed by atoms with Crippen molar-refractivity contribution in [3.05, 3.63) is 24.5 Å². The van der Waals surface area contributed by atoms with Gasteiger partial charge in [-0.2, -0.15) is 5.10 Å². The van der Waals surface area contributed by atoms with Gasteiger partial charge in [0.05, 0.1) is 12.7 Å². The molecule has 1 heterocycles. The molecule has 4 aliphatic rings. The third-order valence-corrected chi connectivity index (χ3v) is 10.6. The third-order valence-electron chi connectivity index (χ3n) is 10.6. The summed E-state index contributed by atoms with van der Waals surface area (Å²) in [4.78, 5) is 13.6. The first-order valence-electron chi connectivity index (χ1n) is 13.6. The number of fused-ring (bicyclic) bond motifs is 5. The van der Waals surface area contributed by atoms with Crippen LogP contribution in [0.5, 0.6) is 0 Å². The summed E-state index contributed by atoms with van der Waals surface area (Å²) in [5.41, 5.74) is 2.38. The van der Waals surface area contributed by atoms with Crippen molar-refractivity contribution < 1.29 is 6.22 Å². The second-order valence-electron chi connectivity index (χ2n) is 12.2. The minimum absolute atomic E-state index is 0. The quantitative estimate of drug-likeness (QED) is 0.479. The van der Waals surface area contributed by atoms with Crippen LogP contribution in [0.2, 0.25) is 0 Å². The summed E-state index contributed by atoms with van der Waals surface area (Å²) >= 11 is 0. The average molecular weight is 439 g/mol. The predicted octanol–water partition coefficient (Wildman–Crippen LogP) is 7.42. The molecule has 8 unspecified atom stereocenters. The first-order chi connectivity index (χ1) is 15.4. The number of allylic oxidation sites excluding steroid dienone is 1. The standard InChI is InChI=1S/C29H44N2O.H2/c1-5-20(3)22-16-30-31(17-22)18-28(32)27-8-6-7-26-25-12-10-21-15-19(2)9-11-23(21)24(25)13-14-29(26,27)4;/h16-17,19,21,23-27H,3,5-15,18H2,1-2,4H3;1H. The lowest BCUT2D eigenvalue weighted by molar-refractivity contribution is -0.144. The summed E-state index contributed by atoms with van der Waals surface area (Å²) in [6.45, 7) is 11.6. The molecule has 4 fully saturated rings. The molecule has 3 heteroatoms. The fraction of sp³-hybridized carbons (Fsp3) is 0.793. The van der Waals surface area contributed by atoms with E-state index in [4.69, 9.17) is 0 Å². The highest BCUT2D eigenvalue weighted by Gasteiger charge is 2.56. The normalized spacial score (nSPS) is 41.3. The number of hydrogen-bond acceptors (Lipinski definition) is 2. The second kappa shape index (κ2) is 8.76. The molecule has 0 aromatic carbocycles. The van der Waals surface area contributed by atoms with Gasteiger partial charge in [-0.3, -0.25) is 9.48 Å². The number of rotatable bonds is 5. The van der Waals surface area contributed by atoms with Crippen LogP contribution in [0.25, 0.3) is 5.57 Å². The van der Waals surface area contributed by atoms with E-state index in [-0.39, 0.29) is 12.8 Å². The highest BCUT2D eigenvalue weighted by atomic mass is 16.1. The van der Waals surface area contributed by atoms with Gasteiger partial charge in [0, 0.05) is 19.1 Å². The highest BCUT2D eigenvalue weighted by Crippen LogP contribution is 2.63. The minimum Gasteiger partial charge on any atom is -0.297 e. The molecular weight excluding hydrogens is 392 g/mol. The van der Waals surface area contributed by atoms with E-state index in [0.29, 0.717) is 12.3 Å². The molecule has 0 aliphatic heterocycles. The molecule has 0 radical (unpaired) electrons. The minimum atomic E-state index is 0. The molecule has 0 bridgehead atoms. The second-order valence-corrected chi connectivity index (χ2v) is 12.2. The van der Waals surface area contributed by atoms with Crippen molar-refractivity contribution in [1.29, 1.82) is 0 Å². The largest absolute Gasteiger partial charge is 0.297 e. The predicted molar refractivity (Wildman–Crippen MR) is 133 cm³/mol. The first-order valence-corrected chi connectivity index (χ1v) is 13.6. The number of ketones is 1. The lowest BCUT2D eigenvalue weighted by Crippen LogP contribution is -2.54. The lowest BCUT2D eigenvalue weighted by atomic mass is 9.44. The molecule has 3 nitrogen and oxygen atoms in total. The van der Waals surface area contributed by atoms with Gasteiger partial charge in [-0.15, -0.1) is 0 Å². The summed E-state index contributed by atoms with van der Waals surface area (Å²) in [5.74, 6) is 6.15. The summed E-state index contributed by atoms with van der Waals surface area (Å²) in [5, 5.41) is 4.50. The van der Waals surface area contributed by atoms with Gasteiger partial charge in [0.2, 0.25) is 0 Å². The van der Waals surface area contributed by atoms with Crippen LogP contribution in [0.3, 0.4) is 0 Å². The summed E-state index contributed by atoms with van der Waals surface area (Å²) in [6, 6.07) is 0. The van der Waals surface area contributed by atoms with Crippen molar-refractivity contribution in [2.24, 2.45) is 46.8 Å². The molecule has 0 saturated heterocycles. The van der Waals surface area contributed by atoms with Crippen LogP contribution >= 0.6 is 0 Å². The molecule has 1 aromatic heterocycles. The van der Waals surface area contributed by atoms with Crippen LogP contribution in [-0.4, -0.2) is 15.6 Å². The van der Waals surface area contributed by atoms with Crippen molar-refractivity contribution in [3.63, 3.8) is 0 Å². The maximum atomic E-state index is 13.6. The molecule has 8 atom stereocenters. The van der Waals surface area contributed by atoms with Crippen molar-refractivity contribution in [2.45, 2.75) is 97.9 Å². The number of carbonyl (C=O) groups excluding carboxylic acids is 1. The van der Waals surface area contributed by atoms with Crippen LogP contribution in [0.15, 0.2) is 19.0 Å². The molecule has 5 rings (SSSR count). The van der Waals surface area contributed by atoms with Crippen LogP contribution in [0.1, 0.15) is 98.4 Å². The zero-order valence-electron chi connectivity index (χ0n) is 20.7. The van der Waals surface area contributed by atoms with E-state index in [0.717, 1.165) is 59.5 Å². The highest BCUT2D eigenvalue weighted by molar-refractivity contribution is 5.82. The van der Waals surface area contributed by atoms with Gasteiger partial charge in [-0.25, -0.2) is 0 Å². The summed E-state index contributed by atoms with van der Waals surface area (Å²) in [7, 11) is 0. The Balaban J connectivity index is 0.00000259. The molecule has 0 N–H and O–H groups in total. The summed E-state index contributed by atoms with van der Waals surface area (Å²) < 4.78 is 1.87. The monoisotopic (exact) mass is 438 g/mol. The van der Waals surface area contributed by atoms with E-state index in [2.05, 4.69) is 32.4 Å². The maximum absolute atomic E-state index is 13.6. The fourth-order valence-electron chi connectivity index (χ4n) is 8.92. The Morgan fingerprint density at radius 2 is 1.97 bits per heavy atom. The Morgan fingerprint density at radius 3 is 2.78 bits per heavy atom. The van der Waals surface area contributed by atoms with E-state index >= 15 is 0 Å². The van der Waals surface area contributed by atoms with Gasteiger partial charge in [-0.05, 0) is 104 Å². The molecule has 32 heavy (non-hydrogen) atoms. The average Bonchev–Trinajstić information content (AvgIpc) is 3.25. The SMILES string of the molecule is C=C(CC)c1cnn(CC(=O)C2CCCC3C4CCC5CC(C)CCC5C4CCC23C)c1.[HH]. The molecular formula is C29H46N2O. The molecule has 1 aromatic rings. The Kier molecular flexibility index (Phi) is 6.14. The fourth-order valence-corrected chi connectivity index (χ4v) is 8.92. The van der Waals surface area contributed by atoms with Gasteiger partial charge in [0.15, 0.2) is 5.78 Å². The molecule has 0 spiro atoms. The van der Waals surface area contributed by atoms with Gasteiger partial charge < -0.3 is 0 Å². The number of nitrogens with zero attached hydrogens (tertiary/aromatic N) is 2. The first kappa shape index (κ1) is 22.4. The Bertz CT molecular complexity index is 862. The van der Waals surface area contributed by atoms with Crippen LogP contribution < -0.4 is 0 Å². The van der Waals surface area contributed by atoms with E-state index in [1.165, 1.54) is 57.8 Å². The van der Waals surface area contributed by atoms with Crippen LogP contribution in [0, 0.1) is 46.8 Å². The van der Waals surface area contributed by atoms with Gasteiger partial charge in [0.1, 0.15) is 0 Å². The van der Waals surface area contributed by atoms with Crippen LogP contribution in [0.4, 0.5) is 0 Å². The molecule has 178 valence electrons. The Morgan fingerprint density at radius 1 is 1.16 bits per heavy atom. The third kappa shape index (κ3) is 3.82. The van der Waals surface area contributed by atoms with E-state index in [1.807, 2.05) is 17.1 Å². The number of aromatic nitrogens is 2.